The Morgan fingerprint density at radius 2 is 1.69 bits per heavy atom. The van der Waals surface area contributed by atoms with Gasteiger partial charge in [-0.1, -0.05) is 13.8 Å². The topological polar surface area (TPSA) is 0 Å². The van der Waals surface area contributed by atoms with Crippen molar-refractivity contribution >= 4 is 0 Å². The average molecular weight is 200 g/mol. The van der Waals surface area contributed by atoms with E-state index in [1.54, 1.807) is 13.8 Å². The van der Waals surface area contributed by atoms with Crippen LogP contribution < -0.4 is 0 Å². The van der Waals surface area contributed by atoms with Crippen LogP contribution >= 0.6 is 0 Å². The molecule has 0 aromatic heterocycles. The Morgan fingerprint density at radius 1 is 1.15 bits per heavy atom. The second-order valence-corrected chi connectivity index (χ2v) is 3.70. The first kappa shape index (κ1) is 12.7. The van der Waals surface area contributed by atoms with E-state index in [1.165, 1.54) is 0 Å². The van der Waals surface area contributed by atoms with E-state index in [4.69, 9.17) is 0 Å². The fraction of sp³-hybridized carbons (Fsp3) is 1.00. The Hall–Kier alpha value is -0.280. The largest absolute Gasteiger partial charge is 0.278 e. The maximum absolute atomic E-state index is 12.8. The van der Waals surface area contributed by atoms with E-state index in [-0.39, 0.29) is 18.8 Å². The highest BCUT2D eigenvalue weighted by molar-refractivity contribution is 4.77. The fourth-order valence-corrected chi connectivity index (χ4v) is 1.31. The van der Waals surface area contributed by atoms with E-state index >= 15 is 0 Å². The monoisotopic (exact) mass is 200 g/mol. The van der Waals surface area contributed by atoms with Crippen molar-refractivity contribution in [1.29, 1.82) is 0 Å². The Kier molecular flexibility index (Phi) is 5.33. The van der Waals surface area contributed by atoms with Crippen molar-refractivity contribution in [3.05, 3.63) is 0 Å². The van der Waals surface area contributed by atoms with Crippen LogP contribution in [-0.2, 0) is 0 Å². The molecule has 0 radical (unpaired) electrons. The molecule has 1 atom stereocenters. The minimum absolute atomic E-state index is 0.0361. The van der Waals surface area contributed by atoms with Crippen molar-refractivity contribution in [1.82, 2.24) is 0 Å². The minimum atomic E-state index is -3.36. The van der Waals surface area contributed by atoms with Gasteiger partial charge in [-0.05, 0) is 18.8 Å². The Labute approximate surface area is 76.3 Å². The van der Waals surface area contributed by atoms with Crippen LogP contribution in [0.4, 0.5) is 17.6 Å². The van der Waals surface area contributed by atoms with Gasteiger partial charge in [0, 0.05) is 5.92 Å². The second kappa shape index (κ2) is 5.45. The van der Waals surface area contributed by atoms with Crippen LogP contribution in [0.2, 0.25) is 0 Å². The highest BCUT2D eigenvalue weighted by Crippen LogP contribution is 2.32. The second-order valence-electron chi connectivity index (χ2n) is 3.70. The number of halogens is 4. The van der Waals surface area contributed by atoms with Crippen molar-refractivity contribution in [2.75, 3.05) is 13.3 Å². The first-order valence-electron chi connectivity index (χ1n) is 4.43. The van der Waals surface area contributed by atoms with Gasteiger partial charge >= 0.3 is 0 Å². The van der Waals surface area contributed by atoms with Gasteiger partial charge in [-0.15, -0.1) is 0 Å². The van der Waals surface area contributed by atoms with Crippen molar-refractivity contribution in [2.45, 2.75) is 32.6 Å². The average Bonchev–Trinajstić information content (AvgIpc) is 2.03. The molecule has 0 aliphatic rings. The molecule has 0 aromatic rings. The molecule has 0 heterocycles. The van der Waals surface area contributed by atoms with E-state index in [0.29, 0.717) is 0 Å². The van der Waals surface area contributed by atoms with E-state index in [2.05, 4.69) is 0 Å². The summed E-state index contributed by atoms with van der Waals surface area (Å²) < 4.78 is 49.5. The van der Waals surface area contributed by atoms with Crippen molar-refractivity contribution in [2.24, 2.45) is 11.8 Å². The molecule has 0 rings (SSSR count). The number of rotatable bonds is 6. The smallest absolute Gasteiger partial charge is 0.251 e. The molecule has 0 N–H and O–H groups in total. The van der Waals surface area contributed by atoms with E-state index in [1.807, 2.05) is 0 Å². The van der Waals surface area contributed by atoms with Crippen LogP contribution in [0.1, 0.15) is 26.7 Å². The van der Waals surface area contributed by atoms with Gasteiger partial charge in [0.2, 0.25) is 0 Å². The summed E-state index contributed by atoms with van der Waals surface area (Å²) in [6, 6.07) is 0. The van der Waals surface area contributed by atoms with Gasteiger partial charge in [-0.25, -0.2) is 13.2 Å². The fourth-order valence-electron chi connectivity index (χ4n) is 1.31. The molecule has 0 amide bonds. The third-order valence-corrected chi connectivity index (χ3v) is 1.99. The van der Waals surface area contributed by atoms with Gasteiger partial charge in [0.25, 0.3) is 5.92 Å². The lowest BCUT2D eigenvalue weighted by Gasteiger charge is -2.25. The van der Waals surface area contributed by atoms with E-state index in [0.717, 1.165) is 0 Å². The van der Waals surface area contributed by atoms with Crippen LogP contribution in [-0.4, -0.2) is 19.3 Å². The predicted molar refractivity (Wildman–Crippen MR) is 44.5 cm³/mol. The standard InChI is InChI=1S/C9H16F4/c1-7(2)5-8(3-4-10)9(12,13)6-11/h7-8H,3-6H2,1-2H3. The first-order chi connectivity index (χ1) is 5.94. The van der Waals surface area contributed by atoms with Crippen LogP contribution in [0.15, 0.2) is 0 Å². The molecule has 1 unspecified atom stereocenters. The lowest BCUT2D eigenvalue weighted by molar-refractivity contribution is -0.0862. The summed E-state index contributed by atoms with van der Waals surface area (Å²) in [5, 5.41) is 0. The Bertz CT molecular complexity index is 134. The summed E-state index contributed by atoms with van der Waals surface area (Å²) in [6.07, 6.45) is -0.0874. The van der Waals surface area contributed by atoms with Crippen molar-refractivity contribution < 1.29 is 17.6 Å². The summed E-state index contributed by atoms with van der Waals surface area (Å²) in [4.78, 5) is 0. The zero-order valence-corrected chi connectivity index (χ0v) is 7.99. The quantitative estimate of drug-likeness (QED) is 0.574. The summed E-state index contributed by atoms with van der Waals surface area (Å²) in [6.45, 7) is 1.02. The molecule has 0 bridgehead atoms. The highest BCUT2D eigenvalue weighted by Gasteiger charge is 2.39. The zero-order valence-electron chi connectivity index (χ0n) is 7.99. The molecule has 4 heteroatoms. The third kappa shape index (κ3) is 4.48. The number of hydrogen-bond acceptors (Lipinski definition) is 0. The molecule has 0 saturated carbocycles. The molecule has 0 spiro atoms. The summed E-state index contributed by atoms with van der Waals surface area (Å²) in [5.41, 5.74) is 0. The minimum Gasteiger partial charge on any atom is -0.251 e. The maximum atomic E-state index is 12.8. The zero-order chi connectivity index (χ0) is 10.5. The molecular formula is C9H16F4. The Balaban J connectivity index is 4.22. The molecular weight excluding hydrogens is 184 g/mol. The summed E-state index contributed by atoms with van der Waals surface area (Å²) in [7, 11) is 0. The molecule has 0 aliphatic heterocycles. The Morgan fingerprint density at radius 3 is 2.00 bits per heavy atom. The molecule has 0 aliphatic carbocycles. The number of alkyl halides is 4. The molecule has 13 heavy (non-hydrogen) atoms. The predicted octanol–water partition coefficient (Wildman–Crippen LogP) is 3.61. The van der Waals surface area contributed by atoms with Crippen LogP contribution in [0.25, 0.3) is 0 Å². The van der Waals surface area contributed by atoms with Crippen LogP contribution in [0.5, 0.6) is 0 Å². The highest BCUT2D eigenvalue weighted by atomic mass is 19.3. The van der Waals surface area contributed by atoms with E-state index in [9.17, 15) is 17.6 Å². The molecule has 0 aromatic carbocycles. The normalized spacial score (nSPS) is 15.0. The van der Waals surface area contributed by atoms with Gasteiger partial charge in [0.1, 0.15) is 0 Å². The van der Waals surface area contributed by atoms with Crippen molar-refractivity contribution in [3.8, 4) is 0 Å². The molecule has 0 fully saturated rings. The summed E-state index contributed by atoms with van der Waals surface area (Å²) in [5.74, 6) is -4.49. The van der Waals surface area contributed by atoms with Gasteiger partial charge in [0.05, 0.1) is 6.67 Å². The summed E-state index contributed by atoms with van der Waals surface area (Å²) >= 11 is 0. The van der Waals surface area contributed by atoms with Crippen molar-refractivity contribution in [3.63, 3.8) is 0 Å². The van der Waals surface area contributed by atoms with Gasteiger partial charge in [0.15, 0.2) is 6.67 Å². The van der Waals surface area contributed by atoms with Gasteiger partial charge < -0.3 is 0 Å². The van der Waals surface area contributed by atoms with Gasteiger partial charge in [-0.2, -0.15) is 0 Å². The maximum Gasteiger partial charge on any atom is 0.278 e. The van der Waals surface area contributed by atoms with E-state index < -0.39 is 25.2 Å². The first-order valence-corrected chi connectivity index (χ1v) is 4.43. The van der Waals surface area contributed by atoms with Gasteiger partial charge in [-0.3, -0.25) is 4.39 Å². The third-order valence-electron chi connectivity index (χ3n) is 1.99. The molecule has 80 valence electrons. The SMILES string of the molecule is CC(C)CC(CCF)C(F)(F)CF. The molecule has 0 nitrogen and oxygen atoms in total. The van der Waals surface area contributed by atoms with Crippen LogP contribution in [0, 0.1) is 11.8 Å². The van der Waals surface area contributed by atoms with Crippen LogP contribution in [0.3, 0.4) is 0 Å². The lowest BCUT2D eigenvalue weighted by atomic mass is 9.89. The molecule has 0 saturated heterocycles. The lowest BCUT2D eigenvalue weighted by Crippen LogP contribution is -2.32. The number of hydrogen-bond donors (Lipinski definition) is 0.